The number of rotatable bonds is 11. The fraction of sp³-hybridized carbons (Fsp3) is 0.185. The zero-order chi connectivity index (χ0) is 23.5. The molecule has 3 rings (SSSR count). The van der Waals surface area contributed by atoms with E-state index in [0.29, 0.717) is 0 Å². The lowest BCUT2D eigenvalue weighted by molar-refractivity contribution is 0.292. The van der Waals surface area contributed by atoms with Crippen LogP contribution in [0.5, 0.6) is 0 Å². The standard InChI is InChI=1S/C27H32N6/c1-4-9-22(16-17-28)14-15-23-10-7-11-24(18-23)29-25-12-8-13-27(19-25)33-21-26(30-31-33)20-32(5-2)6-3/h4,7-19,21,29H,1,5-6,20,28H2,2-3H3/b15-14+,17-16-,22-9-. The minimum atomic E-state index is 0.802. The van der Waals surface area contributed by atoms with Gasteiger partial charge in [-0.3, -0.25) is 4.90 Å². The van der Waals surface area contributed by atoms with Crippen LogP contribution in [0.1, 0.15) is 25.1 Å². The number of nitrogens with one attached hydrogen (secondary N) is 1. The maximum atomic E-state index is 5.52. The van der Waals surface area contributed by atoms with Crippen LogP contribution >= 0.6 is 0 Å². The highest BCUT2D eigenvalue weighted by molar-refractivity contribution is 5.66. The van der Waals surface area contributed by atoms with Gasteiger partial charge >= 0.3 is 0 Å². The van der Waals surface area contributed by atoms with Gasteiger partial charge in [-0.1, -0.05) is 68.1 Å². The van der Waals surface area contributed by atoms with Crippen LogP contribution in [0.15, 0.2) is 97.4 Å². The minimum Gasteiger partial charge on any atom is -0.405 e. The monoisotopic (exact) mass is 440 g/mol. The number of allylic oxidation sites excluding steroid dienone is 5. The van der Waals surface area contributed by atoms with Crippen molar-refractivity contribution in [3.8, 4) is 5.69 Å². The Hall–Kier alpha value is -3.90. The Labute approximate surface area is 196 Å². The quantitative estimate of drug-likeness (QED) is 0.388. The number of benzene rings is 2. The zero-order valence-electron chi connectivity index (χ0n) is 19.4. The molecule has 33 heavy (non-hydrogen) atoms. The summed E-state index contributed by atoms with van der Waals surface area (Å²) in [6.07, 6.45) is 13.1. The average Bonchev–Trinajstić information content (AvgIpc) is 3.30. The number of anilines is 2. The average molecular weight is 441 g/mol. The van der Waals surface area contributed by atoms with Gasteiger partial charge in [-0.15, -0.1) is 5.10 Å². The Morgan fingerprint density at radius 3 is 2.58 bits per heavy atom. The summed E-state index contributed by atoms with van der Waals surface area (Å²) in [5.41, 5.74) is 11.5. The molecule has 0 atom stereocenters. The SMILES string of the molecule is C=C/C=C(\C=C/N)/C=C/c1cccc(Nc2cccc(-n3cc(CN(CC)CC)nn3)c2)c1. The Morgan fingerprint density at radius 1 is 1.09 bits per heavy atom. The Bertz CT molecular complexity index is 1130. The summed E-state index contributed by atoms with van der Waals surface area (Å²) in [5, 5.41) is 12.1. The van der Waals surface area contributed by atoms with Crippen molar-refractivity contribution >= 4 is 17.5 Å². The largest absolute Gasteiger partial charge is 0.405 e. The van der Waals surface area contributed by atoms with Crippen LogP contribution in [0.4, 0.5) is 11.4 Å². The van der Waals surface area contributed by atoms with Crippen molar-refractivity contribution < 1.29 is 0 Å². The smallest absolute Gasteiger partial charge is 0.0971 e. The first-order valence-electron chi connectivity index (χ1n) is 11.1. The second-order valence-corrected chi connectivity index (χ2v) is 7.51. The molecule has 0 radical (unpaired) electrons. The van der Waals surface area contributed by atoms with Crippen LogP contribution < -0.4 is 11.1 Å². The van der Waals surface area contributed by atoms with Gasteiger partial charge in [0.05, 0.1) is 17.6 Å². The molecular formula is C27H32N6. The Balaban J connectivity index is 1.73. The minimum absolute atomic E-state index is 0.802. The molecule has 1 aromatic heterocycles. The lowest BCUT2D eigenvalue weighted by Gasteiger charge is -2.15. The highest BCUT2D eigenvalue weighted by atomic mass is 15.4. The van der Waals surface area contributed by atoms with Crippen molar-refractivity contribution in [1.82, 2.24) is 19.9 Å². The van der Waals surface area contributed by atoms with Crippen LogP contribution in [-0.2, 0) is 6.54 Å². The van der Waals surface area contributed by atoms with E-state index in [0.717, 1.165) is 53.5 Å². The lowest BCUT2D eigenvalue weighted by atomic mass is 10.1. The molecule has 3 N–H and O–H groups in total. The normalized spacial score (nSPS) is 12.2. The maximum Gasteiger partial charge on any atom is 0.0971 e. The van der Waals surface area contributed by atoms with Crippen molar-refractivity contribution in [2.75, 3.05) is 18.4 Å². The van der Waals surface area contributed by atoms with Gasteiger partial charge in [0.25, 0.3) is 0 Å². The highest BCUT2D eigenvalue weighted by Crippen LogP contribution is 2.21. The van der Waals surface area contributed by atoms with Gasteiger partial charge in [0.2, 0.25) is 0 Å². The van der Waals surface area contributed by atoms with Gasteiger partial charge < -0.3 is 11.1 Å². The van der Waals surface area contributed by atoms with E-state index < -0.39 is 0 Å². The molecule has 0 aliphatic carbocycles. The van der Waals surface area contributed by atoms with Crippen molar-refractivity contribution in [3.63, 3.8) is 0 Å². The summed E-state index contributed by atoms with van der Waals surface area (Å²) < 4.78 is 1.82. The number of hydrogen-bond donors (Lipinski definition) is 2. The molecule has 6 heteroatoms. The van der Waals surface area contributed by atoms with E-state index in [2.05, 4.69) is 59.2 Å². The van der Waals surface area contributed by atoms with E-state index in [1.807, 2.05) is 65.5 Å². The molecule has 1 heterocycles. The molecule has 0 bridgehead atoms. The van der Waals surface area contributed by atoms with Crippen molar-refractivity contribution in [1.29, 1.82) is 0 Å². The molecule has 6 nitrogen and oxygen atoms in total. The molecule has 3 aromatic rings. The van der Waals surface area contributed by atoms with Crippen molar-refractivity contribution in [2.24, 2.45) is 5.73 Å². The van der Waals surface area contributed by atoms with E-state index in [4.69, 9.17) is 5.73 Å². The third-order valence-corrected chi connectivity index (χ3v) is 5.17. The Kier molecular flexibility index (Phi) is 8.79. The van der Waals surface area contributed by atoms with Crippen LogP contribution in [0.2, 0.25) is 0 Å². The number of hydrogen-bond acceptors (Lipinski definition) is 5. The van der Waals surface area contributed by atoms with Gasteiger partial charge in [-0.05, 0) is 66.8 Å². The molecule has 0 spiro atoms. The molecule has 2 aromatic carbocycles. The first kappa shape index (κ1) is 23.8. The maximum absolute atomic E-state index is 5.52. The summed E-state index contributed by atoms with van der Waals surface area (Å²) >= 11 is 0. The summed E-state index contributed by atoms with van der Waals surface area (Å²) in [6.45, 7) is 10.8. The molecular weight excluding hydrogens is 408 g/mol. The van der Waals surface area contributed by atoms with Gasteiger partial charge in [0.1, 0.15) is 0 Å². The van der Waals surface area contributed by atoms with E-state index in [1.165, 1.54) is 6.20 Å². The molecule has 0 fully saturated rings. The summed E-state index contributed by atoms with van der Waals surface area (Å²) in [7, 11) is 0. The molecule has 0 saturated heterocycles. The highest BCUT2D eigenvalue weighted by Gasteiger charge is 2.07. The van der Waals surface area contributed by atoms with Crippen LogP contribution in [0, 0.1) is 0 Å². The number of nitrogens with two attached hydrogens (primary N) is 1. The van der Waals surface area contributed by atoms with Gasteiger partial charge in [0, 0.05) is 17.9 Å². The first-order chi connectivity index (χ1) is 16.1. The number of nitrogens with zero attached hydrogens (tertiary/aromatic N) is 4. The molecule has 0 amide bonds. The second-order valence-electron chi connectivity index (χ2n) is 7.51. The molecule has 0 aliphatic heterocycles. The summed E-state index contributed by atoms with van der Waals surface area (Å²) in [6, 6.07) is 16.4. The van der Waals surface area contributed by atoms with Gasteiger partial charge in [-0.2, -0.15) is 0 Å². The summed E-state index contributed by atoms with van der Waals surface area (Å²) in [5.74, 6) is 0. The lowest BCUT2D eigenvalue weighted by Crippen LogP contribution is -2.22. The van der Waals surface area contributed by atoms with Crippen LogP contribution in [0.25, 0.3) is 11.8 Å². The zero-order valence-corrected chi connectivity index (χ0v) is 19.4. The molecule has 0 saturated carbocycles. The van der Waals surface area contributed by atoms with E-state index >= 15 is 0 Å². The van der Waals surface area contributed by atoms with Crippen molar-refractivity contribution in [2.45, 2.75) is 20.4 Å². The topological polar surface area (TPSA) is 72.0 Å². The molecule has 170 valence electrons. The Morgan fingerprint density at radius 2 is 1.85 bits per heavy atom. The fourth-order valence-corrected chi connectivity index (χ4v) is 3.39. The van der Waals surface area contributed by atoms with Crippen molar-refractivity contribution in [3.05, 3.63) is 109 Å². The van der Waals surface area contributed by atoms with E-state index in [9.17, 15) is 0 Å². The van der Waals surface area contributed by atoms with Gasteiger partial charge in [0.15, 0.2) is 0 Å². The predicted octanol–water partition coefficient (Wildman–Crippen LogP) is 5.45. The molecule has 0 unspecified atom stereocenters. The summed E-state index contributed by atoms with van der Waals surface area (Å²) in [4.78, 5) is 2.32. The predicted molar refractivity (Wildman–Crippen MR) is 138 cm³/mol. The molecule has 0 aliphatic rings. The third-order valence-electron chi connectivity index (χ3n) is 5.17. The van der Waals surface area contributed by atoms with Gasteiger partial charge in [-0.25, -0.2) is 4.68 Å². The number of aromatic nitrogens is 3. The first-order valence-corrected chi connectivity index (χ1v) is 11.1. The third kappa shape index (κ3) is 7.05. The van der Waals surface area contributed by atoms with Crippen LogP contribution in [-0.4, -0.2) is 33.0 Å². The van der Waals surface area contributed by atoms with Crippen LogP contribution in [0.3, 0.4) is 0 Å². The van der Waals surface area contributed by atoms with E-state index in [-0.39, 0.29) is 0 Å². The second kappa shape index (κ2) is 12.2. The van der Waals surface area contributed by atoms with E-state index in [1.54, 1.807) is 6.08 Å². The fourth-order valence-electron chi connectivity index (χ4n) is 3.39.